The molecule has 2 N–H and O–H groups in total. The molecule has 1 fully saturated rings. The molecule has 0 bridgehead atoms. The zero-order valence-electron chi connectivity index (χ0n) is 9.88. The molecular formula is C12H12ClF3N2O. The number of nitrogens with zero attached hydrogens (tertiary/aromatic N) is 1. The Balaban J connectivity index is 2.39. The quantitative estimate of drug-likeness (QED) is 0.865. The van der Waals surface area contributed by atoms with Gasteiger partial charge in [0.25, 0.3) is 0 Å². The third kappa shape index (κ3) is 3.01. The van der Waals surface area contributed by atoms with Crippen molar-refractivity contribution in [3.8, 4) is 0 Å². The van der Waals surface area contributed by atoms with Crippen LogP contribution >= 0.6 is 11.6 Å². The summed E-state index contributed by atoms with van der Waals surface area (Å²) in [7, 11) is 0. The summed E-state index contributed by atoms with van der Waals surface area (Å²) in [6.07, 6.45) is -3.30. The highest BCUT2D eigenvalue weighted by atomic mass is 35.5. The molecule has 0 saturated carbocycles. The fourth-order valence-corrected chi connectivity index (χ4v) is 2.28. The van der Waals surface area contributed by atoms with Crippen molar-refractivity contribution in [2.45, 2.75) is 25.1 Å². The third-order valence-corrected chi connectivity index (χ3v) is 3.22. The minimum atomic E-state index is -4.50. The Morgan fingerprint density at radius 2 is 2.00 bits per heavy atom. The van der Waals surface area contributed by atoms with Gasteiger partial charge in [-0.3, -0.25) is 4.79 Å². The van der Waals surface area contributed by atoms with Crippen LogP contribution in [0.25, 0.3) is 0 Å². The SMILES string of the molecule is NC1CCCN(c2cc(Cl)cc(C(F)(F)F)c2)C1=O. The summed E-state index contributed by atoms with van der Waals surface area (Å²) in [4.78, 5) is 13.1. The van der Waals surface area contributed by atoms with Gasteiger partial charge in [-0.1, -0.05) is 11.6 Å². The van der Waals surface area contributed by atoms with Crippen LogP contribution in [0.15, 0.2) is 18.2 Å². The molecule has 0 aliphatic carbocycles. The smallest absolute Gasteiger partial charge is 0.320 e. The summed E-state index contributed by atoms with van der Waals surface area (Å²) in [5, 5.41) is -0.0585. The number of carbonyl (C=O) groups excluding carboxylic acids is 1. The van der Waals surface area contributed by atoms with Gasteiger partial charge in [-0.05, 0) is 31.0 Å². The Bertz CT molecular complexity index is 504. The van der Waals surface area contributed by atoms with E-state index in [1.54, 1.807) is 0 Å². The molecule has 1 unspecified atom stereocenters. The Morgan fingerprint density at radius 1 is 1.32 bits per heavy atom. The first kappa shape index (κ1) is 14.1. The van der Waals surface area contributed by atoms with E-state index in [9.17, 15) is 18.0 Å². The van der Waals surface area contributed by atoms with Crippen LogP contribution in [0.5, 0.6) is 0 Å². The largest absolute Gasteiger partial charge is 0.416 e. The van der Waals surface area contributed by atoms with Crippen molar-refractivity contribution in [1.82, 2.24) is 0 Å². The van der Waals surface area contributed by atoms with Crippen LogP contribution in [0.1, 0.15) is 18.4 Å². The van der Waals surface area contributed by atoms with Gasteiger partial charge in [0.1, 0.15) is 0 Å². The van der Waals surface area contributed by atoms with Gasteiger partial charge in [-0.2, -0.15) is 13.2 Å². The number of carbonyl (C=O) groups is 1. The number of rotatable bonds is 1. The molecule has 104 valence electrons. The van der Waals surface area contributed by atoms with Crippen molar-refractivity contribution in [1.29, 1.82) is 0 Å². The maximum absolute atomic E-state index is 12.7. The molecular weight excluding hydrogens is 281 g/mol. The molecule has 7 heteroatoms. The van der Waals surface area contributed by atoms with E-state index in [0.29, 0.717) is 19.4 Å². The lowest BCUT2D eigenvalue weighted by atomic mass is 10.0. The Morgan fingerprint density at radius 3 is 2.63 bits per heavy atom. The van der Waals surface area contributed by atoms with Gasteiger partial charge in [0.15, 0.2) is 0 Å². The molecule has 2 rings (SSSR count). The number of halogens is 4. The molecule has 1 aromatic rings. The van der Waals surface area contributed by atoms with Crippen LogP contribution in [0.2, 0.25) is 5.02 Å². The van der Waals surface area contributed by atoms with Crippen LogP contribution in [0.3, 0.4) is 0 Å². The van der Waals surface area contributed by atoms with Crippen molar-refractivity contribution in [2.75, 3.05) is 11.4 Å². The van der Waals surface area contributed by atoms with Crippen LogP contribution < -0.4 is 10.6 Å². The summed E-state index contributed by atoms with van der Waals surface area (Å²) >= 11 is 5.69. The van der Waals surface area contributed by atoms with Gasteiger partial charge < -0.3 is 10.6 Å². The molecule has 0 aromatic heterocycles. The van der Waals surface area contributed by atoms with E-state index < -0.39 is 17.8 Å². The maximum atomic E-state index is 12.7. The lowest BCUT2D eigenvalue weighted by molar-refractivity contribution is -0.137. The summed E-state index contributed by atoms with van der Waals surface area (Å²) in [6, 6.07) is 2.43. The monoisotopic (exact) mass is 292 g/mol. The molecule has 1 amide bonds. The van der Waals surface area contributed by atoms with Gasteiger partial charge in [0.05, 0.1) is 11.6 Å². The van der Waals surface area contributed by atoms with Crippen molar-refractivity contribution < 1.29 is 18.0 Å². The number of hydrogen-bond donors (Lipinski definition) is 1. The average Bonchev–Trinajstić information content (AvgIpc) is 2.31. The second-order valence-electron chi connectivity index (χ2n) is 4.43. The topological polar surface area (TPSA) is 46.3 Å². The second kappa shape index (κ2) is 5.02. The predicted molar refractivity (Wildman–Crippen MR) is 66.0 cm³/mol. The molecule has 1 aliphatic rings. The van der Waals surface area contributed by atoms with Crippen LogP contribution in [0.4, 0.5) is 18.9 Å². The summed E-state index contributed by atoms with van der Waals surface area (Å²) in [5.41, 5.74) is 4.89. The molecule has 1 atom stereocenters. The zero-order chi connectivity index (χ0) is 14.2. The highest BCUT2D eigenvalue weighted by Crippen LogP contribution is 2.35. The first-order chi connectivity index (χ1) is 8.79. The molecule has 0 spiro atoms. The predicted octanol–water partition coefficient (Wildman–Crippen LogP) is 2.81. The van der Waals surface area contributed by atoms with Gasteiger partial charge in [-0.15, -0.1) is 0 Å². The molecule has 3 nitrogen and oxygen atoms in total. The van der Waals surface area contributed by atoms with Gasteiger partial charge in [0.2, 0.25) is 5.91 Å². The van der Waals surface area contributed by atoms with E-state index in [1.165, 1.54) is 11.0 Å². The van der Waals surface area contributed by atoms with Crippen molar-refractivity contribution >= 4 is 23.2 Å². The first-order valence-corrected chi connectivity index (χ1v) is 6.11. The third-order valence-electron chi connectivity index (χ3n) is 3.00. The van der Waals surface area contributed by atoms with E-state index in [1.807, 2.05) is 0 Å². The molecule has 19 heavy (non-hydrogen) atoms. The Hall–Kier alpha value is -1.27. The fourth-order valence-electron chi connectivity index (χ4n) is 2.05. The molecule has 1 saturated heterocycles. The number of amides is 1. The number of alkyl halides is 3. The number of benzene rings is 1. The highest BCUT2D eigenvalue weighted by molar-refractivity contribution is 6.31. The van der Waals surface area contributed by atoms with Crippen LogP contribution in [-0.4, -0.2) is 18.5 Å². The number of hydrogen-bond acceptors (Lipinski definition) is 2. The molecule has 0 radical (unpaired) electrons. The Kier molecular flexibility index (Phi) is 3.73. The lowest BCUT2D eigenvalue weighted by Crippen LogP contribution is -2.48. The maximum Gasteiger partial charge on any atom is 0.416 e. The van der Waals surface area contributed by atoms with Crippen molar-refractivity contribution in [3.05, 3.63) is 28.8 Å². The second-order valence-corrected chi connectivity index (χ2v) is 4.87. The zero-order valence-corrected chi connectivity index (χ0v) is 10.6. The van der Waals surface area contributed by atoms with Gasteiger partial charge in [0, 0.05) is 17.3 Å². The minimum absolute atomic E-state index is 0.0585. The van der Waals surface area contributed by atoms with Gasteiger partial charge in [-0.25, -0.2) is 0 Å². The highest BCUT2D eigenvalue weighted by Gasteiger charge is 2.33. The van der Waals surface area contributed by atoms with E-state index >= 15 is 0 Å². The molecule has 1 heterocycles. The van der Waals surface area contributed by atoms with E-state index in [2.05, 4.69) is 0 Å². The average molecular weight is 293 g/mol. The molecule has 1 aliphatic heterocycles. The van der Waals surface area contributed by atoms with E-state index in [0.717, 1.165) is 12.1 Å². The van der Waals surface area contributed by atoms with Crippen molar-refractivity contribution in [2.24, 2.45) is 5.73 Å². The minimum Gasteiger partial charge on any atom is -0.320 e. The first-order valence-electron chi connectivity index (χ1n) is 5.74. The number of anilines is 1. The molecule has 1 aromatic carbocycles. The summed E-state index contributed by atoms with van der Waals surface area (Å²) in [6.45, 7) is 0.351. The lowest BCUT2D eigenvalue weighted by Gasteiger charge is -2.31. The summed E-state index contributed by atoms with van der Waals surface area (Å²) in [5.74, 6) is -0.373. The normalized spacial score (nSPS) is 20.8. The standard InChI is InChI=1S/C12H12ClF3N2O/c13-8-4-7(12(14,15)16)5-9(6-8)18-3-1-2-10(17)11(18)19/h4-6,10H,1-3,17H2. The summed E-state index contributed by atoms with van der Waals surface area (Å²) < 4.78 is 38.1. The fraction of sp³-hybridized carbons (Fsp3) is 0.417. The Labute approximate surface area is 113 Å². The van der Waals surface area contributed by atoms with Gasteiger partial charge >= 0.3 is 6.18 Å². The van der Waals surface area contributed by atoms with E-state index in [-0.39, 0.29) is 16.6 Å². The van der Waals surface area contributed by atoms with Crippen LogP contribution in [0, 0.1) is 0 Å². The van der Waals surface area contributed by atoms with Crippen LogP contribution in [-0.2, 0) is 11.0 Å². The van der Waals surface area contributed by atoms with E-state index in [4.69, 9.17) is 17.3 Å². The van der Waals surface area contributed by atoms with Crippen molar-refractivity contribution in [3.63, 3.8) is 0 Å². The number of piperidine rings is 1. The number of nitrogens with two attached hydrogens (primary N) is 1.